The predicted molar refractivity (Wildman–Crippen MR) is 134 cm³/mol. The highest BCUT2D eigenvalue weighted by molar-refractivity contribution is 6.14. The molecular weight excluding hydrogens is 427 g/mol. The average Bonchev–Trinajstić information content (AvgIpc) is 3.24. The Kier molecular flexibility index (Phi) is 5.82. The largest absolute Gasteiger partial charge is 0.340 e. The summed E-state index contributed by atoms with van der Waals surface area (Å²) in [4.78, 5) is 18.1. The van der Waals surface area contributed by atoms with Gasteiger partial charge in [-0.05, 0) is 12.5 Å². The smallest absolute Gasteiger partial charge is 0.218 e. The van der Waals surface area contributed by atoms with Crippen molar-refractivity contribution in [3.63, 3.8) is 0 Å². The lowest BCUT2D eigenvalue weighted by atomic mass is 10.0. The molecule has 1 N–H and O–H groups in total. The van der Waals surface area contributed by atoms with Crippen LogP contribution >= 0.6 is 0 Å². The maximum absolute atomic E-state index is 14.2. The minimum Gasteiger partial charge on any atom is -0.340 e. The second-order valence-electron chi connectivity index (χ2n) is 7.85. The normalized spacial score (nSPS) is 10.9. The van der Waals surface area contributed by atoms with Gasteiger partial charge in [0.05, 0.1) is 17.6 Å². The van der Waals surface area contributed by atoms with E-state index in [0.717, 1.165) is 22.4 Å². The molecule has 6 nitrogen and oxygen atoms in total. The lowest BCUT2D eigenvalue weighted by Crippen LogP contribution is -2.04. The van der Waals surface area contributed by atoms with Crippen LogP contribution in [-0.4, -0.2) is 25.2 Å². The Balaban J connectivity index is 1.69. The van der Waals surface area contributed by atoms with Gasteiger partial charge in [0.1, 0.15) is 11.3 Å². The Morgan fingerprint density at radius 3 is 2.29 bits per heavy atom. The zero-order valence-corrected chi connectivity index (χ0v) is 18.9. The van der Waals surface area contributed by atoms with E-state index in [9.17, 15) is 4.39 Å². The van der Waals surface area contributed by atoms with E-state index in [0.29, 0.717) is 34.8 Å². The molecule has 3 aromatic heterocycles. The molecule has 5 rings (SSSR count). The lowest BCUT2D eigenvalue weighted by molar-refractivity contribution is 0.569. The summed E-state index contributed by atoms with van der Waals surface area (Å²) in [6, 6.07) is 23.6. The number of rotatable bonds is 6. The minimum atomic E-state index is -0.484. The van der Waals surface area contributed by atoms with Crippen LogP contribution < -0.4 is 5.32 Å². The Labute approximate surface area is 196 Å². The number of aromatic nitrogens is 4. The van der Waals surface area contributed by atoms with Crippen molar-refractivity contribution in [3.8, 4) is 0 Å². The number of anilines is 2. The van der Waals surface area contributed by atoms with Crippen LogP contribution in [0.25, 0.3) is 11.0 Å². The van der Waals surface area contributed by atoms with Crippen molar-refractivity contribution in [2.45, 2.75) is 13.3 Å². The summed E-state index contributed by atoms with van der Waals surface area (Å²) in [7, 11) is 1.92. The van der Waals surface area contributed by atoms with Gasteiger partial charge >= 0.3 is 0 Å². The summed E-state index contributed by atoms with van der Waals surface area (Å²) >= 11 is 0. The number of nitrogens with zero attached hydrogens (tertiary/aromatic N) is 5. The first-order chi connectivity index (χ1) is 16.6. The van der Waals surface area contributed by atoms with E-state index in [1.54, 1.807) is 12.4 Å². The molecule has 0 saturated heterocycles. The number of aliphatic imine (C=N–C) groups is 1. The zero-order valence-electron chi connectivity index (χ0n) is 18.9. The van der Waals surface area contributed by atoms with Crippen LogP contribution in [0, 0.1) is 5.95 Å². The molecule has 0 unspecified atom stereocenters. The molecule has 0 aliphatic carbocycles. The third-order valence-corrected chi connectivity index (χ3v) is 5.63. The first-order valence-electron chi connectivity index (χ1n) is 11.1. The number of nitrogens with one attached hydrogen (secondary N) is 1. The average molecular weight is 451 g/mol. The Morgan fingerprint density at radius 2 is 1.65 bits per heavy atom. The van der Waals surface area contributed by atoms with Gasteiger partial charge in [0, 0.05) is 41.7 Å². The number of pyridine rings is 2. The Morgan fingerprint density at radius 1 is 0.971 bits per heavy atom. The fourth-order valence-electron chi connectivity index (χ4n) is 3.90. The van der Waals surface area contributed by atoms with Gasteiger partial charge < -0.3 is 9.88 Å². The van der Waals surface area contributed by atoms with Crippen LogP contribution in [0.15, 0.2) is 90.3 Å². The molecule has 0 aliphatic heterocycles. The zero-order chi connectivity index (χ0) is 23.5. The molecule has 0 amide bonds. The molecule has 0 bridgehead atoms. The van der Waals surface area contributed by atoms with Crippen LogP contribution in [0.5, 0.6) is 0 Å². The second-order valence-corrected chi connectivity index (χ2v) is 7.85. The van der Waals surface area contributed by atoms with E-state index in [-0.39, 0.29) is 0 Å². The van der Waals surface area contributed by atoms with Gasteiger partial charge in [-0.15, -0.1) is 0 Å². The third kappa shape index (κ3) is 4.15. The molecule has 0 fully saturated rings. The van der Waals surface area contributed by atoms with Gasteiger partial charge in [-0.2, -0.15) is 4.39 Å². The Bertz CT molecular complexity index is 1430. The standard InChI is InChI=1S/C27H23FN6/c1-3-20-21(14-15-29-26(20)28)31-23-16-22-25(30-17-34(22)2)27(32-23)33-24(18-10-6-4-7-11-18)19-12-8-5-9-13-19/h4-17H,3H2,1-2H3,(H,29,31,32). The van der Waals surface area contributed by atoms with Crippen LogP contribution in [0.4, 0.5) is 21.7 Å². The summed E-state index contributed by atoms with van der Waals surface area (Å²) in [5, 5.41) is 3.27. The quantitative estimate of drug-likeness (QED) is 0.255. The van der Waals surface area contributed by atoms with E-state index in [1.165, 1.54) is 6.20 Å². The second kappa shape index (κ2) is 9.23. The molecule has 0 atom stereocenters. The van der Waals surface area contributed by atoms with Crippen molar-refractivity contribution < 1.29 is 4.39 Å². The van der Waals surface area contributed by atoms with Crippen LogP contribution in [0.3, 0.4) is 0 Å². The van der Waals surface area contributed by atoms with E-state index in [1.807, 2.05) is 85.3 Å². The van der Waals surface area contributed by atoms with Crippen molar-refractivity contribution >= 4 is 34.1 Å². The Hall–Kier alpha value is -4.39. The summed E-state index contributed by atoms with van der Waals surface area (Å²) in [6.45, 7) is 1.89. The van der Waals surface area contributed by atoms with Crippen molar-refractivity contribution in [3.05, 3.63) is 108 Å². The maximum atomic E-state index is 14.2. The molecule has 7 heteroatoms. The highest BCUT2D eigenvalue weighted by atomic mass is 19.1. The highest BCUT2D eigenvalue weighted by Gasteiger charge is 2.15. The molecule has 2 aromatic carbocycles. The number of fused-ring (bicyclic) bond motifs is 1. The van der Waals surface area contributed by atoms with E-state index in [4.69, 9.17) is 9.98 Å². The van der Waals surface area contributed by atoms with Gasteiger partial charge in [0.2, 0.25) is 5.95 Å². The monoisotopic (exact) mass is 450 g/mol. The van der Waals surface area contributed by atoms with E-state index in [2.05, 4.69) is 15.3 Å². The van der Waals surface area contributed by atoms with Crippen LogP contribution in [0.2, 0.25) is 0 Å². The molecule has 0 spiro atoms. The first kappa shape index (κ1) is 21.5. The van der Waals surface area contributed by atoms with Gasteiger partial charge in [-0.1, -0.05) is 67.6 Å². The fourth-order valence-corrected chi connectivity index (χ4v) is 3.90. The highest BCUT2D eigenvalue weighted by Crippen LogP contribution is 2.30. The van der Waals surface area contributed by atoms with Gasteiger partial charge in [-0.3, -0.25) is 0 Å². The van der Waals surface area contributed by atoms with Gasteiger partial charge in [0.15, 0.2) is 5.82 Å². The number of halogens is 1. The number of imidazole rings is 1. The number of benzene rings is 2. The molecular formula is C27H23FN6. The van der Waals surface area contributed by atoms with Crippen molar-refractivity contribution in [1.29, 1.82) is 0 Å². The van der Waals surface area contributed by atoms with Gasteiger partial charge in [0.25, 0.3) is 0 Å². The topological polar surface area (TPSA) is 68.0 Å². The molecule has 168 valence electrons. The predicted octanol–water partition coefficient (Wildman–Crippen LogP) is 5.98. The molecule has 5 aromatic rings. The molecule has 3 heterocycles. The lowest BCUT2D eigenvalue weighted by Gasteiger charge is -2.12. The number of hydrogen-bond donors (Lipinski definition) is 1. The van der Waals surface area contributed by atoms with E-state index >= 15 is 0 Å². The number of hydrogen-bond acceptors (Lipinski definition) is 5. The SMILES string of the molecule is CCc1c(Nc2cc3c(ncn3C)c(N=C(c3ccccc3)c3ccccc3)n2)ccnc1F. The molecule has 0 radical (unpaired) electrons. The molecule has 34 heavy (non-hydrogen) atoms. The van der Waals surface area contributed by atoms with E-state index < -0.39 is 5.95 Å². The minimum absolute atomic E-state index is 0.482. The third-order valence-electron chi connectivity index (χ3n) is 5.63. The van der Waals surface area contributed by atoms with Crippen LogP contribution in [-0.2, 0) is 13.5 Å². The van der Waals surface area contributed by atoms with Gasteiger partial charge in [-0.25, -0.2) is 19.9 Å². The van der Waals surface area contributed by atoms with Crippen molar-refractivity contribution in [2.75, 3.05) is 5.32 Å². The summed E-state index contributed by atoms with van der Waals surface area (Å²) in [5.41, 5.74) is 5.43. The number of aryl methyl sites for hydroxylation is 1. The van der Waals surface area contributed by atoms with Crippen LogP contribution in [0.1, 0.15) is 23.6 Å². The maximum Gasteiger partial charge on any atom is 0.218 e. The fraction of sp³-hybridized carbons (Fsp3) is 0.111. The van der Waals surface area contributed by atoms with Crippen molar-refractivity contribution in [2.24, 2.45) is 12.0 Å². The molecule has 0 aliphatic rings. The van der Waals surface area contributed by atoms with Crippen molar-refractivity contribution in [1.82, 2.24) is 19.5 Å². The summed E-state index contributed by atoms with van der Waals surface area (Å²) in [6.07, 6.45) is 3.69. The summed E-state index contributed by atoms with van der Waals surface area (Å²) in [5.74, 6) is 0.550. The summed E-state index contributed by atoms with van der Waals surface area (Å²) < 4.78 is 16.2. The molecule has 0 saturated carbocycles. The first-order valence-corrected chi connectivity index (χ1v) is 11.1.